The predicted molar refractivity (Wildman–Crippen MR) is 107 cm³/mol. The summed E-state index contributed by atoms with van der Waals surface area (Å²) in [6.45, 7) is 2.06. The van der Waals surface area contributed by atoms with E-state index in [1.54, 1.807) is 19.2 Å². The Kier molecular flexibility index (Phi) is 4.16. The van der Waals surface area contributed by atoms with E-state index in [4.69, 9.17) is 9.84 Å². The fourth-order valence-corrected chi connectivity index (χ4v) is 3.36. The Morgan fingerprint density at radius 3 is 2.19 bits per heavy atom. The van der Waals surface area contributed by atoms with Gasteiger partial charge in [-0.05, 0) is 70.8 Å². The van der Waals surface area contributed by atoms with E-state index < -0.39 is 5.97 Å². The molecule has 4 aromatic rings. The monoisotopic (exact) mass is 357 g/mol. The number of H-pyrrole nitrogens is 1. The third-order valence-electron chi connectivity index (χ3n) is 4.90. The second-order valence-corrected chi connectivity index (χ2v) is 6.50. The molecule has 0 aliphatic rings. The molecule has 2 N–H and O–H groups in total. The van der Waals surface area contributed by atoms with E-state index >= 15 is 0 Å². The van der Waals surface area contributed by atoms with Crippen LogP contribution in [0.3, 0.4) is 0 Å². The highest BCUT2D eigenvalue weighted by atomic mass is 16.5. The van der Waals surface area contributed by atoms with Crippen molar-refractivity contribution in [2.75, 3.05) is 7.11 Å². The fourth-order valence-electron chi connectivity index (χ4n) is 3.36. The molecule has 0 amide bonds. The molecule has 0 saturated carbocycles. The molecule has 0 aliphatic carbocycles. The predicted octanol–water partition coefficient (Wildman–Crippen LogP) is 5.52. The van der Waals surface area contributed by atoms with Crippen molar-refractivity contribution in [3.63, 3.8) is 0 Å². The molecule has 1 aromatic heterocycles. The Bertz CT molecular complexity index is 1140. The Morgan fingerprint density at radius 1 is 0.889 bits per heavy atom. The highest BCUT2D eigenvalue weighted by Gasteiger charge is 2.09. The van der Waals surface area contributed by atoms with Crippen molar-refractivity contribution in [2.24, 2.45) is 0 Å². The van der Waals surface area contributed by atoms with Crippen molar-refractivity contribution in [1.82, 2.24) is 4.98 Å². The molecule has 1 heterocycles. The number of aromatic amines is 1. The minimum Gasteiger partial charge on any atom is -0.496 e. The Hall–Kier alpha value is -3.53. The quantitative estimate of drug-likeness (QED) is 0.506. The first kappa shape index (κ1) is 16.9. The average Bonchev–Trinajstić information content (AvgIpc) is 3.18. The first-order chi connectivity index (χ1) is 13.1. The largest absolute Gasteiger partial charge is 0.496 e. The molecule has 0 saturated heterocycles. The number of methoxy groups -OCH3 is 1. The van der Waals surface area contributed by atoms with E-state index in [1.807, 2.05) is 30.3 Å². The lowest BCUT2D eigenvalue weighted by Crippen LogP contribution is -1.94. The third-order valence-corrected chi connectivity index (χ3v) is 4.90. The van der Waals surface area contributed by atoms with Crippen LogP contribution in [0.25, 0.3) is 33.3 Å². The highest BCUT2D eigenvalue weighted by Crippen LogP contribution is 2.32. The van der Waals surface area contributed by atoms with Gasteiger partial charge in [0.2, 0.25) is 0 Å². The lowest BCUT2D eigenvalue weighted by Gasteiger charge is -2.09. The number of aromatic nitrogens is 1. The van der Waals surface area contributed by atoms with Gasteiger partial charge in [0.1, 0.15) is 5.75 Å². The fraction of sp³-hybridized carbons (Fsp3) is 0.0870. The molecule has 4 rings (SSSR count). The number of carbonyl (C=O) groups is 1. The van der Waals surface area contributed by atoms with Gasteiger partial charge in [0.25, 0.3) is 0 Å². The summed E-state index contributed by atoms with van der Waals surface area (Å²) in [5.74, 6) is -0.0407. The zero-order chi connectivity index (χ0) is 19.0. The highest BCUT2D eigenvalue weighted by molar-refractivity contribution is 5.91. The van der Waals surface area contributed by atoms with Crippen LogP contribution in [0.15, 0.2) is 66.7 Å². The molecule has 0 atom stereocenters. The zero-order valence-electron chi connectivity index (χ0n) is 15.1. The zero-order valence-corrected chi connectivity index (χ0v) is 15.1. The number of ether oxygens (including phenoxy) is 1. The van der Waals surface area contributed by atoms with Gasteiger partial charge in [-0.1, -0.05) is 30.3 Å². The summed E-state index contributed by atoms with van der Waals surface area (Å²) in [5, 5.41) is 11.4. The molecule has 3 aromatic carbocycles. The summed E-state index contributed by atoms with van der Waals surface area (Å²) in [6, 6.07) is 21.3. The summed E-state index contributed by atoms with van der Waals surface area (Å²) >= 11 is 0. The van der Waals surface area contributed by atoms with Crippen LogP contribution in [0, 0.1) is 6.92 Å². The van der Waals surface area contributed by atoms with Crippen molar-refractivity contribution >= 4 is 16.7 Å². The van der Waals surface area contributed by atoms with Crippen LogP contribution in [-0.2, 0) is 0 Å². The molecule has 0 spiro atoms. The van der Waals surface area contributed by atoms with E-state index in [1.165, 1.54) is 5.39 Å². The summed E-state index contributed by atoms with van der Waals surface area (Å²) < 4.78 is 5.44. The van der Waals surface area contributed by atoms with Gasteiger partial charge in [0.15, 0.2) is 0 Å². The van der Waals surface area contributed by atoms with Gasteiger partial charge >= 0.3 is 5.97 Å². The first-order valence-electron chi connectivity index (χ1n) is 8.67. The summed E-state index contributed by atoms with van der Waals surface area (Å²) in [4.78, 5) is 14.4. The van der Waals surface area contributed by atoms with Crippen molar-refractivity contribution < 1.29 is 14.6 Å². The number of nitrogens with one attached hydrogen (secondary N) is 1. The molecule has 0 unspecified atom stereocenters. The van der Waals surface area contributed by atoms with E-state index in [9.17, 15) is 4.79 Å². The first-order valence-corrected chi connectivity index (χ1v) is 8.67. The van der Waals surface area contributed by atoms with Gasteiger partial charge in [-0.25, -0.2) is 4.79 Å². The van der Waals surface area contributed by atoms with Crippen molar-refractivity contribution in [2.45, 2.75) is 6.92 Å². The minimum absolute atomic E-state index is 0.282. The average molecular weight is 357 g/mol. The van der Waals surface area contributed by atoms with Crippen LogP contribution in [0.4, 0.5) is 0 Å². The second-order valence-electron chi connectivity index (χ2n) is 6.50. The molecular formula is C23H19NO3. The number of aromatic carboxylic acids is 1. The lowest BCUT2D eigenvalue weighted by atomic mass is 10.0. The van der Waals surface area contributed by atoms with E-state index in [0.29, 0.717) is 0 Å². The second kappa shape index (κ2) is 6.65. The molecule has 0 bridgehead atoms. The van der Waals surface area contributed by atoms with Crippen LogP contribution >= 0.6 is 0 Å². The molecule has 0 aliphatic heterocycles. The number of fused-ring (bicyclic) bond motifs is 1. The van der Waals surface area contributed by atoms with Crippen LogP contribution in [0.2, 0.25) is 0 Å². The van der Waals surface area contributed by atoms with Gasteiger partial charge in [-0.2, -0.15) is 0 Å². The van der Waals surface area contributed by atoms with E-state index in [0.717, 1.165) is 39.2 Å². The smallest absolute Gasteiger partial charge is 0.335 e. The number of aryl methyl sites for hydroxylation is 1. The molecule has 4 heteroatoms. The number of hydrogen-bond acceptors (Lipinski definition) is 2. The van der Waals surface area contributed by atoms with Gasteiger partial charge < -0.3 is 14.8 Å². The van der Waals surface area contributed by atoms with Gasteiger partial charge in [-0.3, -0.25) is 0 Å². The molecule has 4 nitrogen and oxygen atoms in total. The standard InChI is InChI=1S/C23H19NO3/c1-14-19-13-18(8-3-15(19)9-12-22(14)27-2)21-11-10-20(24-21)16-4-6-17(7-5-16)23(25)26/h3-13,24H,1-2H3,(H,25,26). The molecule has 0 radical (unpaired) electrons. The minimum atomic E-state index is -0.921. The van der Waals surface area contributed by atoms with E-state index in [-0.39, 0.29) is 5.56 Å². The maximum Gasteiger partial charge on any atom is 0.335 e. The maximum atomic E-state index is 11.0. The van der Waals surface area contributed by atoms with Gasteiger partial charge in [0, 0.05) is 11.4 Å². The Morgan fingerprint density at radius 2 is 1.52 bits per heavy atom. The SMILES string of the molecule is COc1ccc2ccc(-c3ccc(-c4ccc(C(=O)O)cc4)[nH]3)cc2c1C. The topological polar surface area (TPSA) is 62.3 Å². The summed E-state index contributed by atoms with van der Waals surface area (Å²) in [6.07, 6.45) is 0. The number of benzene rings is 3. The molecular weight excluding hydrogens is 338 g/mol. The van der Waals surface area contributed by atoms with E-state index in [2.05, 4.69) is 36.2 Å². The van der Waals surface area contributed by atoms with Crippen molar-refractivity contribution in [1.29, 1.82) is 0 Å². The molecule has 0 fully saturated rings. The van der Waals surface area contributed by atoms with Crippen LogP contribution in [-0.4, -0.2) is 23.2 Å². The number of carboxylic acid groups (broad SMARTS) is 1. The number of rotatable bonds is 4. The maximum absolute atomic E-state index is 11.0. The van der Waals surface area contributed by atoms with Gasteiger partial charge in [0.05, 0.1) is 12.7 Å². The van der Waals surface area contributed by atoms with Crippen LogP contribution in [0.5, 0.6) is 5.75 Å². The molecule has 134 valence electrons. The third kappa shape index (κ3) is 3.06. The number of hydrogen-bond donors (Lipinski definition) is 2. The van der Waals surface area contributed by atoms with Crippen molar-refractivity contribution in [3.05, 3.63) is 77.9 Å². The normalized spacial score (nSPS) is 10.9. The van der Waals surface area contributed by atoms with Crippen LogP contribution in [0.1, 0.15) is 15.9 Å². The summed E-state index contributed by atoms with van der Waals surface area (Å²) in [5.41, 5.74) is 5.40. The van der Waals surface area contributed by atoms with Crippen molar-refractivity contribution in [3.8, 4) is 28.3 Å². The molecule has 27 heavy (non-hydrogen) atoms. The Labute approximate surface area is 157 Å². The lowest BCUT2D eigenvalue weighted by molar-refractivity contribution is 0.0697. The van der Waals surface area contributed by atoms with Crippen LogP contribution < -0.4 is 4.74 Å². The Balaban J connectivity index is 1.72. The van der Waals surface area contributed by atoms with Gasteiger partial charge in [-0.15, -0.1) is 0 Å². The number of carboxylic acids is 1. The summed E-state index contributed by atoms with van der Waals surface area (Å²) in [7, 11) is 1.69.